The van der Waals surface area contributed by atoms with Gasteiger partial charge in [-0.25, -0.2) is 9.97 Å². The van der Waals surface area contributed by atoms with Crippen molar-refractivity contribution in [2.24, 2.45) is 0 Å². The Hall–Kier alpha value is -4.11. The predicted molar refractivity (Wildman–Crippen MR) is 121 cm³/mol. The summed E-state index contributed by atoms with van der Waals surface area (Å²) in [6.07, 6.45) is 1.58. The van der Waals surface area contributed by atoms with Crippen LogP contribution in [0.3, 0.4) is 0 Å². The van der Waals surface area contributed by atoms with Gasteiger partial charge in [0, 0.05) is 23.5 Å². The lowest BCUT2D eigenvalue weighted by Gasteiger charge is -2.14. The molecule has 2 aromatic heterocycles. The summed E-state index contributed by atoms with van der Waals surface area (Å²) in [4.78, 5) is 44.5. The van der Waals surface area contributed by atoms with Gasteiger partial charge in [0.25, 0.3) is 17.2 Å². The molecule has 0 aliphatic rings. The lowest BCUT2D eigenvalue weighted by atomic mass is 10.1. The van der Waals surface area contributed by atoms with Crippen molar-refractivity contribution in [3.8, 4) is 5.69 Å². The van der Waals surface area contributed by atoms with Crippen LogP contribution in [0.2, 0.25) is 5.02 Å². The van der Waals surface area contributed by atoms with Crippen molar-refractivity contribution >= 4 is 39.9 Å². The maximum Gasteiger partial charge on any atom is 0.288 e. The number of hydrogen-bond acceptors (Lipinski definition) is 6. The molecule has 32 heavy (non-hydrogen) atoms. The predicted octanol–water partition coefficient (Wildman–Crippen LogP) is 4.21. The van der Waals surface area contributed by atoms with Gasteiger partial charge in [0.05, 0.1) is 16.0 Å². The summed E-state index contributed by atoms with van der Waals surface area (Å²) in [5, 5.41) is 14.2. The lowest BCUT2D eigenvalue weighted by molar-refractivity contribution is -0.384. The number of pyridine rings is 1. The molecule has 0 unspecified atom stereocenters. The number of carbonyl (C=O) groups excluding carboxylic acids is 1. The van der Waals surface area contributed by atoms with Gasteiger partial charge < -0.3 is 5.32 Å². The van der Waals surface area contributed by atoms with Gasteiger partial charge in [0.15, 0.2) is 5.65 Å². The number of nitro groups is 1. The van der Waals surface area contributed by atoms with Crippen molar-refractivity contribution in [1.82, 2.24) is 14.5 Å². The monoisotopic (exact) mass is 449 g/mol. The van der Waals surface area contributed by atoms with Gasteiger partial charge in [0.1, 0.15) is 10.8 Å². The second-order valence-corrected chi connectivity index (χ2v) is 7.46. The summed E-state index contributed by atoms with van der Waals surface area (Å²) in [7, 11) is 0. The van der Waals surface area contributed by atoms with Gasteiger partial charge in [-0.15, -0.1) is 0 Å². The molecule has 0 aliphatic heterocycles. The standard InChI is InChI=1S/C22H16ClN5O4/c1-12-10-15(27-13(2)25-20-16(22(27)30)4-3-9-24-20)6-8-18(12)26-21(29)14-5-7-17(23)19(11-14)28(31)32/h3-11H,1-2H3,(H,26,29). The number of nitro benzene ring substituents is 1. The highest BCUT2D eigenvalue weighted by Gasteiger charge is 2.17. The fourth-order valence-corrected chi connectivity index (χ4v) is 3.53. The Labute approximate surface area is 186 Å². The Balaban J connectivity index is 1.67. The molecule has 0 bridgehead atoms. The molecule has 0 spiro atoms. The van der Waals surface area contributed by atoms with Gasteiger partial charge in [-0.1, -0.05) is 11.6 Å². The number of hydrogen-bond donors (Lipinski definition) is 1. The highest BCUT2D eigenvalue weighted by atomic mass is 35.5. The summed E-state index contributed by atoms with van der Waals surface area (Å²) in [5.74, 6) is -0.0433. The Kier molecular flexibility index (Phi) is 5.41. The van der Waals surface area contributed by atoms with Crippen LogP contribution in [-0.4, -0.2) is 25.4 Å². The largest absolute Gasteiger partial charge is 0.322 e. The van der Waals surface area contributed by atoms with Gasteiger partial charge in [-0.2, -0.15) is 0 Å². The van der Waals surface area contributed by atoms with Crippen molar-refractivity contribution in [1.29, 1.82) is 0 Å². The van der Waals surface area contributed by atoms with Crippen molar-refractivity contribution in [3.05, 3.63) is 97.2 Å². The molecule has 9 nitrogen and oxygen atoms in total. The third-order valence-electron chi connectivity index (χ3n) is 4.93. The Morgan fingerprint density at radius 3 is 2.66 bits per heavy atom. The number of carbonyl (C=O) groups is 1. The first-order chi connectivity index (χ1) is 15.3. The second kappa shape index (κ2) is 8.20. The van der Waals surface area contributed by atoms with Gasteiger partial charge in [0.2, 0.25) is 0 Å². The molecule has 0 saturated carbocycles. The summed E-state index contributed by atoms with van der Waals surface area (Å²) in [5.41, 5.74) is 1.66. The summed E-state index contributed by atoms with van der Waals surface area (Å²) in [6, 6.07) is 12.3. The summed E-state index contributed by atoms with van der Waals surface area (Å²) < 4.78 is 1.48. The summed E-state index contributed by atoms with van der Waals surface area (Å²) >= 11 is 5.81. The molecule has 1 amide bonds. The third kappa shape index (κ3) is 3.81. The number of amides is 1. The minimum atomic E-state index is -0.646. The zero-order valence-corrected chi connectivity index (χ0v) is 17.8. The molecule has 1 N–H and O–H groups in total. The quantitative estimate of drug-likeness (QED) is 0.368. The van der Waals surface area contributed by atoms with Crippen LogP contribution in [0.25, 0.3) is 16.7 Å². The SMILES string of the molecule is Cc1cc(-n2c(C)nc3ncccc3c2=O)ccc1NC(=O)c1ccc(Cl)c([N+](=O)[O-])c1. The minimum Gasteiger partial charge on any atom is -0.322 e. The molecule has 0 aliphatic carbocycles. The number of halogens is 1. The smallest absolute Gasteiger partial charge is 0.288 e. The van der Waals surface area contributed by atoms with Gasteiger partial charge in [-0.05, 0) is 61.9 Å². The van der Waals surface area contributed by atoms with Crippen molar-refractivity contribution in [2.75, 3.05) is 5.32 Å². The molecule has 2 heterocycles. The fraction of sp³-hybridized carbons (Fsp3) is 0.0909. The summed E-state index contributed by atoms with van der Waals surface area (Å²) in [6.45, 7) is 3.49. The van der Waals surface area contributed by atoms with E-state index in [0.29, 0.717) is 33.8 Å². The topological polar surface area (TPSA) is 120 Å². The Morgan fingerprint density at radius 2 is 1.94 bits per heavy atom. The van der Waals surface area contributed by atoms with E-state index in [4.69, 9.17) is 11.6 Å². The number of benzene rings is 2. The van der Waals surface area contributed by atoms with E-state index in [0.717, 1.165) is 6.07 Å². The molecule has 0 fully saturated rings. The fourth-order valence-electron chi connectivity index (χ4n) is 3.34. The first kappa shape index (κ1) is 21.1. The number of rotatable bonds is 4. The average Bonchev–Trinajstić information content (AvgIpc) is 2.75. The zero-order valence-electron chi connectivity index (χ0n) is 17.0. The van der Waals surface area contributed by atoms with Gasteiger partial charge >= 0.3 is 0 Å². The van der Waals surface area contributed by atoms with E-state index < -0.39 is 10.8 Å². The molecule has 0 saturated heterocycles. The van der Waals surface area contributed by atoms with Gasteiger partial charge in [-0.3, -0.25) is 24.3 Å². The Morgan fingerprint density at radius 1 is 1.16 bits per heavy atom. The Bertz CT molecular complexity index is 1460. The second-order valence-electron chi connectivity index (χ2n) is 7.05. The highest BCUT2D eigenvalue weighted by molar-refractivity contribution is 6.32. The molecular weight excluding hydrogens is 434 g/mol. The van der Waals surface area contributed by atoms with Crippen LogP contribution in [0.5, 0.6) is 0 Å². The number of anilines is 1. The minimum absolute atomic E-state index is 0.0490. The van der Waals surface area contributed by atoms with E-state index in [-0.39, 0.29) is 21.8 Å². The zero-order chi connectivity index (χ0) is 23.0. The maximum atomic E-state index is 13.0. The van der Waals surface area contributed by atoms with E-state index in [1.165, 1.54) is 16.7 Å². The van der Waals surface area contributed by atoms with Crippen LogP contribution in [0, 0.1) is 24.0 Å². The molecule has 2 aromatic carbocycles. The van der Waals surface area contributed by atoms with Crippen LogP contribution < -0.4 is 10.9 Å². The van der Waals surface area contributed by atoms with Crippen LogP contribution in [0.1, 0.15) is 21.7 Å². The van der Waals surface area contributed by atoms with Crippen LogP contribution in [0.4, 0.5) is 11.4 Å². The van der Waals surface area contributed by atoms with Crippen molar-refractivity contribution < 1.29 is 9.72 Å². The van der Waals surface area contributed by atoms with Crippen LogP contribution in [-0.2, 0) is 0 Å². The van der Waals surface area contributed by atoms with Crippen LogP contribution >= 0.6 is 11.6 Å². The van der Waals surface area contributed by atoms with E-state index in [2.05, 4.69) is 15.3 Å². The van der Waals surface area contributed by atoms with E-state index >= 15 is 0 Å². The molecule has 10 heteroatoms. The lowest BCUT2D eigenvalue weighted by Crippen LogP contribution is -2.23. The number of nitrogens with one attached hydrogen (secondary N) is 1. The van der Waals surface area contributed by atoms with Crippen molar-refractivity contribution in [2.45, 2.75) is 13.8 Å². The van der Waals surface area contributed by atoms with E-state index in [1.807, 2.05) is 0 Å². The number of nitrogens with zero attached hydrogens (tertiary/aromatic N) is 4. The first-order valence-electron chi connectivity index (χ1n) is 9.47. The normalized spacial score (nSPS) is 10.8. The molecule has 0 radical (unpaired) electrons. The number of fused-ring (bicyclic) bond motifs is 1. The van der Waals surface area contributed by atoms with Crippen molar-refractivity contribution in [3.63, 3.8) is 0 Å². The molecule has 4 aromatic rings. The molecule has 4 rings (SSSR count). The molecule has 0 atom stereocenters. The maximum absolute atomic E-state index is 13.0. The number of aromatic nitrogens is 3. The molecular formula is C22H16ClN5O4. The van der Waals surface area contributed by atoms with Crippen LogP contribution in [0.15, 0.2) is 59.5 Å². The molecule has 160 valence electrons. The number of aryl methyl sites for hydroxylation is 2. The highest BCUT2D eigenvalue weighted by Crippen LogP contribution is 2.26. The van der Waals surface area contributed by atoms with E-state index in [9.17, 15) is 19.7 Å². The average molecular weight is 450 g/mol. The first-order valence-corrected chi connectivity index (χ1v) is 9.85. The van der Waals surface area contributed by atoms with E-state index in [1.54, 1.807) is 50.4 Å². The third-order valence-corrected chi connectivity index (χ3v) is 5.25.